The molecule has 1 N–H and O–H groups in total. The number of hydrogen-bond acceptors (Lipinski definition) is 6. The summed E-state index contributed by atoms with van der Waals surface area (Å²) in [5.41, 5.74) is 4.79. The van der Waals surface area contributed by atoms with Gasteiger partial charge in [0.15, 0.2) is 0 Å². The van der Waals surface area contributed by atoms with E-state index in [1.165, 1.54) is 0 Å². The van der Waals surface area contributed by atoms with E-state index in [2.05, 4.69) is 27.0 Å². The monoisotopic (exact) mass is 460 g/mol. The van der Waals surface area contributed by atoms with Gasteiger partial charge in [-0.2, -0.15) is 5.10 Å². The van der Waals surface area contributed by atoms with Gasteiger partial charge in [-0.25, -0.2) is 9.97 Å². The lowest BCUT2D eigenvalue weighted by molar-refractivity contribution is -0.111. The first-order chi connectivity index (χ1) is 16.0. The Hall–Kier alpha value is -3.49. The molecule has 6 rings (SSSR count). The van der Waals surface area contributed by atoms with Gasteiger partial charge in [0.25, 0.3) is 0 Å². The molecule has 0 atom stereocenters. The van der Waals surface area contributed by atoms with Crippen LogP contribution >= 0.6 is 11.6 Å². The van der Waals surface area contributed by atoms with Crippen LogP contribution in [0.4, 0.5) is 0 Å². The molecule has 0 radical (unpaired) electrons. The Morgan fingerprint density at radius 2 is 2.00 bits per heavy atom. The molecule has 0 saturated carbocycles. The van der Waals surface area contributed by atoms with Gasteiger partial charge >= 0.3 is 0 Å². The van der Waals surface area contributed by atoms with Crippen molar-refractivity contribution in [3.63, 3.8) is 0 Å². The lowest BCUT2D eigenvalue weighted by Crippen LogP contribution is -2.43. The largest absolute Gasteiger partial charge is 0.456 e. The first-order valence-corrected chi connectivity index (χ1v) is 11.0. The van der Waals surface area contributed by atoms with Crippen LogP contribution in [0.3, 0.4) is 0 Å². The van der Waals surface area contributed by atoms with Crippen LogP contribution < -0.4 is 4.74 Å². The van der Waals surface area contributed by atoms with Gasteiger partial charge in [-0.1, -0.05) is 18.5 Å². The molecule has 1 fully saturated rings. The molecule has 5 aromatic rings. The molecule has 1 aliphatic rings. The number of benzene rings is 2. The number of H-pyrrole nitrogens is 1. The van der Waals surface area contributed by atoms with Crippen molar-refractivity contribution in [3.05, 3.63) is 59.8 Å². The summed E-state index contributed by atoms with van der Waals surface area (Å²) in [6.07, 6.45) is 5.52. The van der Waals surface area contributed by atoms with Gasteiger partial charge in [-0.05, 0) is 31.2 Å². The van der Waals surface area contributed by atoms with Gasteiger partial charge in [-0.15, -0.1) is 0 Å². The second-order valence-corrected chi connectivity index (χ2v) is 9.21. The molecule has 2 aromatic carbocycles. The summed E-state index contributed by atoms with van der Waals surface area (Å²) >= 11 is 6.71. The fourth-order valence-electron chi connectivity index (χ4n) is 4.07. The Morgan fingerprint density at radius 1 is 1.15 bits per heavy atom. The lowest BCUT2D eigenvalue weighted by Gasteiger charge is -2.37. The van der Waals surface area contributed by atoms with Gasteiger partial charge in [0.05, 0.1) is 54.4 Å². The quantitative estimate of drug-likeness (QED) is 0.389. The summed E-state index contributed by atoms with van der Waals surface area (Å²) in [5.74, 6) is 2.03. The highest BCUT2D eigenvalue weighted by Crippen LogP contribution is 2.36. The first-order valence-electron chi connectivity index (χ1n) is 10.7. The molecule has 0 bridgehead atoms. The van der Waals surface area contributed by atoms with E-state index in [0.29, 0.717) is 33.2 Å². The third kappa shape index (κ3) is 3.71. The van der Waals surface area contributed by atoms with Crippen molar-refractivity contribution in [1.29, 1.82) is 0 Å². The highest BCUT2D eigenvalue weighted by atomic mass is 35.5. The standard InChI is InChI=1S/C24H21ClN6O2/c1-14-28-17-4-3-16(7-19(17)29-14)33-21-6-5-18-23(22(21)25)30-20(9-26-18)15-8-27-31(10-15)11-24(2)12-32-13-24/h3-10H,11-13H2,1-2H3,(H,28,29). The van der Waals surface area contributed by atoms with Crippen LogP contribution in [-0.4, -0.2) is 42.9 Å². The Labute approximate surface area is 194 Å². The molecule has 0 amide bonds. The summed E-state index contributed by atoms with van der Waals surface area (Å²) < 4.78 is 13.4. The van der Waals surface area contributed by atoms with Crippen molar-refractivity contribution in [2.75, 3.05) is 13.2 Å². The second-order valence-electron chi connectivity index (χ2n) is 8.83. The van der Waals surface area contributed by atoms with E-state index in [1.54, 1.807) is 18.5 Å². The molecule has 0 spiro atoms. The zero-order chi connectivity index (χ0) is 22.6. The summed E-state index contributed by atoms with van der Waals surface area (Å²) in [6.45, 7) is 6.42. The molecule has 8 nitrogen and oxygen atoms in total. The predicted molar refractivity (Wildman–Crippen MR) is 126 cm³/mol. The minimum Gasteiger partial charge on any atom is -0.456 e. The van der Waals surface area contributed by atoms with E-state index in [9.17, 15) is 0 Å². The number of ether oxygens (including phenoxy) is 2. The third-order valence-corrected chi connectivity index (χ3v) is 6.16. The molecule has 9 heteroatoms. The van der Waals surface area contributed by atoms with E-state index in [-0.39, 0.29) is 5.41 Å². The lowest BCUT2D eigenvalue weighted by atomic mass is 9.89. The topological polar surface area (TPSA) is 90.7 Å². The van der Waals surface area contributed by atoms with Crippen molar-refractivity contribution in [2.45, 2.75) is 20.4 Å². The Kier molecular flexibility index (Phi) is 4.60. The van der Waals surface area contributed by atoms with Crippen molar-refractivity contribution < 1.29 is 9.47 Å². The summed E-state index contributed by atoms with van der Waals surface area (Å²) in [7, 11) is 0. The highest BCUT2D eigenvalue weighted by molar-refractivity contribution is 6.36. The number of aromatic amines is 1. The van der Waals surface area contributed by atoms with E-state index >= 15 is 0 Å². The number of rotatable bonds is 5. The second kappa shape index (κ2) is 7.54. The van der Waals surface area contributed by atoms with Crippen molar-refractivity contribution in [3.8, 4) is 22.8 Å². The number of fused-ring (bicyclic) bond motifs is 2. The number of aromatic nitrogens is 6. The van der Waals surface area contributed by atoms with Crippen LogP contribution in [0.1, 0.15) is 12.7 Å². The van der Waals surface area contributed by atoms with Gasteiger partial charge in [-0.3, -0.25) is 9.67 Å². The molecular formula is C24H21ClN6O2. The van der Waals surface area contributed by atoms with Crippen LogP contribution in [0.25, 0.3) is 33.3 Å². The average molecular weight is 461 g/mol. The molecule has 166 valence electrons. The van der Waals surface area contributed by atoms with Crippen LogP contribution in [-0.2, 0) is 11.3 Å². The van der Waals surface area contributed by atoms with E-state index in [0.717, 1.165) is 42.2 Å². The third-order valence-electron chi connectivity index (χ3n) is 5.79. The zero-order valence-corrected chi connectivity index (χ0v) is 18.9. The molecule has 0 aliphatic carbocycles. The van der Waals surface area contributed by atoms with E-state index in [4.69, 9.17) is 26.1 Å². The van der Waals surface area contributed by atoms with Crippen molar-refractivity contribution in [2.24, 2.45) is 5.41 Å². The fraction of sp³-hybridized carbons (Fsp3) is 0.250. The summed E-state index contributed by atoms with van der Waals surface area (Å²) in [5, 5.41) is 4.90. The summed E-state index contributed by atoms with van der Waals surface area (Å²) in [4.78, 5) is 17.0. The number of nitrogens with one attached hydrogen (secondary N) is 1. The predicted octanol–water partition coefficient (Wildman–Crippen LogP) is 5.16. The molecule has 4 heterocycles. The van der Waals surface area contributed by atoms with Gasteiger partial charge in [0.2, 0.25) is 0 Å². The molecule has 3 aromatic heterocycles. The van der Waals surface area contributed by atoms with E-state index < -0.39 is 0 Å². The smallest absolute Gasteiger partial charge is 0.148 e. The van der Waals surface area contributed by atoms with Gasteiger partial charge in [0.1, 0.15) is 27.9 Å². The molecule has 1 saturated heterocycles. The maximum absolute atomic E-state index is 6.71. The van der Waals surface area contributed by atoms with Crippen LogP contribution in [0.15, 0.2) is 48.9 Å². The molecule has 0 unspecified atom stereocenters. The maximum atomic E-state index is 6.71. The number of aryl methyl sites for hydroxylation is 1. The normalized spacial score (nSPS) is 15.1. The molecular weight excluding hydrogens is 440 g/mol. The highest BCUT2D eigenvalue weighted by Gasteiger charge is 2.34. The SMILES string of the molecule is Cc1nc2ccc(Oc3ccc4ncc(-c5cnn(CC6(C)COC6)c5)nc4c3Cl)cc2[nH]1. The van der Waals surface area contributed by atoms with Crippen LogP contribution in [0, 0.1) is 12.3 Å². The van der Waals surface area contributed by atoms with Crippen molar-refractivity contribution in [1.82, 2.24) is 29.7 Å². The summed E-state index contributed by atoms with van der Waals surface area (Å²) in [6, 6.07) is 9.34. The van der Waals surface area contributed by atoms with Crippen molar-refractivity contribution >= 4 is 33.7 Å². The van der Waals surface area contributed by atoms with E-state index in [1.807, 2.05) is 42.1 Å². The molecule has 33 heavy (non-hydrogen) atoms. The number of nitrogens with zero attached hydrogens (tertiary/aromatic N) is 5. The average Bonchev–Trinajstić information content (AvgIpc) is 3.39. The zero-order valence-electron chi connectivity index (χ0n) is 18.2. The fourth-order valence-corrected chi connectivity index (χ4v) is 4.31. The minimum absolute atomic E-state index is 0.131. The Morgan fingerprint density at radius 3 is 2.82 bits per heavy atom. The number of imidazole rings is 1. The number of halogens is 1. The van der Waals surface area contributed by atoms with Gasteiger partial charge < -0.3 is 14.5 Å². The maximum Gasteiger partial charge on any atom is 0.148 e. The molecule has 1 aliphatic heterocycles. The Bertz CT molecular complexity index is 1500. The minimum atomic E-state index is 0.131. The number of hydrogen-bond donors (Lipinski definition) is 1. The van der Waals surface area contributed by atoms with Gasteiger partial charge in [0, 0.05) is 23.2 Å². The Balaban J connectivity index is 1.31. The van der Waals surface area contributed by atoms with Crippen LogP contribution in [0.2, 0.25) is 5.02 Å². The first kappa shape index (κ1) is 20.1. The van der Waals surface area contributed by atoms with Crippen LogP contribution in [0.5, 0.6) is 11.5 Å².